The molecule has 0 saturated carbocycles. The van der Waals surface area contributed by atoms with Crippen LogP contribution in [0.1, 0.15) is 17.3 Å². The van der Waals surface area contributed by atoms with Crippen molar-refractivity contribution in [2.75, 3.05) is 5.32 Å². The van der Waals surface area contributed by atoms with E-state index in [9.17, 15) is 9.18 Å². The number of hydrogen-bond acceptors (Lipinski definition) is 3. The van der Waals surface area contributed by atoms with Gasteiger partial charge in [0.25, 0.3) is 0 Å². The third-order valence-corrected chi connectivity index (χ3v) is 4.22. The van der Waals surface area contributed by atoms with Gasteiger partial charge in [-0.15, -0.1) is 0 Å². The molecule has 2 heterocycles. The maximum absolute atomic E-state index is 13.5. The van der Waals surface area contributed by atoms with E-state index in [1.54, 1.807) is 24.4 Å². The second-order valence-electron chi connectivity index (χ2n) is 6.08. The molecule has 2 aromatic heterocycles. The van der Waals surface area contributed by atoms with E-state index in [1.165, 1.54) is 19.1 Å². The summed E-state index contributed by atoms with van der Waals surface area (Å²) in [6.07, 6.45) is 1.70. The topological polar surface area (TPSA) is 57.8 Å². The molecular formula is C21H16FN3O. The fraction of sp³-hybridized carbons (Fsp3) is 0.0476. The highest BCUT2D eigenvalue weighted by Crippen LogP contribution is 2.30. The van der Waals surface area contributed by atoms with Crippen molar-refractivity contribution >= 4 is 28.2 Å². The van der Waals surface area contributed by atoms with Gasteiger partial charge < -0.3 is 10.3 Å². The molecule has 0 aliphatic heterocycles. The van der Waals surface area contributed by atoms with E-state index >= 15 is 0 Å². The van der Waals surface area contributed by atoms with E-state index in [1.807, 2.05) is 30.3 Å². The van der Waals surface area contributed by atoms with E-state index in [0.717, 1.165) is 27.8 Å². The van der Waals surface area contributed by atoms with Crippen molar-refractivity contribution in [2.24, 2.45) is 0 Å². The number of pyridine rings is 1. The number of anilines is 2. The van der Waals surface area contributed by atoms with Crippen molar-refractivity contribution in [3.05, 3.63) is 78.2 Å². The van der Waals surface area contributed by atoms with Gasteiger partial charge in [0, 0.05) is 34.1 Å². The van der Waals surface area contributed by atoms with Crippen molar-refractivity contribution < 1.29 is 9.18 Å². The molecule has 2 aromatic carbocycles. The van der Waals surface area contributed by atoms with Crippen LogP contribution in [0.25, 0.3) is 22.2 Å². The molecule has 0 bridgehead atoms. The number of halogens is 1. The number of nitrogens with zero attached hydrogens (tertiary/aromatic N) is 1. The molecule has 2 N–H and O–H groups in total. The molecule has 0 atom stereocenters. The molecule has 0 spiro atoms. The smallest absolute Gasteiger partial charge is 0.159 e. The molecule has 26 heavy (non-hydrogen) atoms. The summed E-state index contributed by atoms with van der Waals surface area (Å²) in [5, 5.41) is 4.15. The largest absolute Gasteiger partial charge is 0.354 e. The number of H-pyrrole nitrogens is 1. The highest BCUT2D eigenvalue weighted by atomic mass is 19.1. The summed E-state index contributed by atoms with van der Waals surface area (Å²) in [5.41, 5.74) is 3.89. The first-order valence-corrected chi connectivity index (χ1v) is 8.22. The van der Waals surface area contributed by atoms with Gasteiger partial charge in [0.2, 0.25) is 0 Å². The SMILES string of the molecule is CC(=O)c1cccc(Nc2nccc3[nH]c(-c4cccc(F)c4)cc23)c1. The Balaban J connectivity index is 1.74. The number of benzene rings is 2. The van der Waals surface area contributed by atoms with Crippen molar-refractivity contribution in [2.45, 2.75) is 6.92 Å². The maximum Gasteiger partial charge on any atom is 0.159 e. The standard InChI is InChI=1S/C21H16FN3O/c1-13(26)14-4-3-7-17(11-14)24-21-18-12-20(25-19(18)8-9-23-21)15-5-2-6-16(22)10-15/h2-12,25H,1H3,(H,23,24). The molecular weight excluding hydrogens is 329 g/mol. The molecule has 0 amide bonds. The second kappa shape index (κ2) is 6.44. The number of Topliss-reactive ketones (excluding diaryl/α,β-unsaturated/α-hetero) is 1. The zero-order chi connectivity index (χ0) is 18.1. The highest BCUT2D eigenvalue weighted by Gasteiger charge is 2.10. The van der Waals surface area contributed by atoms with E-state index < -0.39 is 0 Å². The van der Waals surface area contributed by atoms with E-state index in [-0.39, 0.29) is 11.6 Å². The Morgan fingerprint density at radius 2 is 1.92 bits per heavy atom. The number of ketones is 1. The Morgan fingerprint density at radius 1 is 1.08 bits per heavy atom. The lowest BCUT2D eigenvalue weighted by Crippen LogP contribution is -1.97. The lowest BCUT2D eigenvalue weighted by molar-refractivity contribution is 0.101. The summed E-state index contributed by atoms with van der Waals surface area (Å²) in [6, 6.07) is 17.5. The molecule has 128 valence electrons. The molecule has 0 aliphatic rings. The van der Waals surface area contributed by atoms with Gasteiger partial charge in [0.15, 0.2) is 5.78 Å². The predicted molar refractivity (Wildman–Crippen MR) is 101 cm³/mol. The normalized spacial score (nSPS) is 10.8. The molecule has 0 aliphatic carbocycles. The lowest BCUT2D eigenvalue weighted by Gasteiger charge is -2.07. The molecule has 5 heteroatoms. The van der Waals surface area contributed by atoms with E-state index in [0.29, 0.717) is 11.4 Å². The minimum atomic E-state index is -0.279. The first kappa shape index (κ1) is 16.0. The van der Waals surface area contributed by atoms with Gasteiger partial charge in [0.05, 0.1) is 5.52 Å². The number of carbonyl (C=O) groups is 1. The van der Waals surface area contributed by atoms with Gasteiger partial charge >= 0.3 is 0 Å². The Kier molecular flexibility index (Phi) is 3.97. The first-order valence-electron chi connectivity index (χ1n) is 8.22. The minimum absolute atomic E-state index is 0.00912. The van der Waals surface area contributed by atoms with Crippen molar-refractivity contribution in [1.82, 2.24) is 9.97 Å². The van der Waals surface area contributed by atoms with Gasteiger partial charge in [-0.05, 0) is 43.3 Å². The Morgan fingerprint density at radius 3 is 2.73 bits per heavy atom. The maximum atomic E-state index is 13.5. The van der Waals surface area contributed by atoms with Gasteiger partial charge in [-0.3, -0.25) is 4.79 Å². The van der Waals surface area contributed by atoms with Crippen molar-refractivity contribution in [1.29, 1.82) is 0 Å². The van der Waals surface area contributed by atoms with E-state index in [4.69, 9.17) is 0 Å². The van der Waals surface area contributed by atoms with Crippen LogP contribution in [0.2, 0.25) is 0 Å². The summed E-state index contributed by atoms with van der Waals surface area (Å²) in [4.78, 5) is 19.3. The number of nitrogens with one attached hydrogen (secondary N) is 2. The molecule has 0 saturated heterocycles. The van der Waals surface area contributed by atoms with Crippen LogP contribution in [0.5, 0.6) is 0 Å². The molecule has 4 rings (SSSR count). The summed E-state index contributed by atoms with van der Waals surface area (Å²) < 4.78 is 13.5. The summed E-state index contributed by atoms with van der Waals surface area (Å²) in [6.45, 7) is 1.54. The third-order valence-electron chi connectivity index (χ3n) is 4.22. The van der Waals surface area contributed by atoms with Crippen LogP contribution in [0.3, 0.4) is 0 Å². The highest BCUT2D eigenvalue weighted by molar-refractivity contribution is 5.97. The van der Waals surface area contributed by atoms with Crippen LogP contribution in [0, 0.1) is 5.82 Å². The summed E-state index contributed by atoms with van der Waals surface area (Å²) in [5.74, 6) is 0.399. The Bertz CT molecular complexity index is 1120. The summed E-state index contributed by atoms with van der Waals surface area (Å²) in [7, 11) is 0. The van der Waals surface area contributed by atoms with Gasteiger partial charge in [-0.1, -0.05) is 24.3 Å². The summed E-state index contributed by atoms with van der Waals surface area (Å²) >= 11 is 0. The fourth-order valence-corrected chi connectivity index (χ4v) is 2.92. The second-order valence-corrected chi connectivity index (χ2v) is 6.08. The van der Waals surface area contributed by atoms with Crippen LogP contribution in [-0.2, 0) is 0 Å². The van der Waals surface area contributed by atoms with Crippen LogP contribution >= 0.6 is 0 Å². The van der Waals surface area contributed by atoms with Crippen LogP contribution in [0.15, 0.2) is 66.9 Å². The average Bonchev–Trinajstić information content (AvgIpc) is 3.07. The first-order chi connectivity index (χ1) is 12.6. The van der Waals surface area contributed by atoms with Gasteiger partial charge in [-0.2, -0.15) is 0 Å². The van der Waals surface area contributed by atoms with Crippen molar-refractivity contribution in [3.63, 3.8) is 0 Å². The molecule has 0 fully saturated rings. The molecule has 4 nitrogen and oxygen atoms in total. The van der Waals surface area contributed by atoms with Crippen molar-refractivity contribution in [3.8, 4) is 11.3 Å². The number of hydrogen-bond donors (Lipinski definition) is 2. The number of rotatable bonds is 4. The minimum Gasteiger partial charge on any atom is -0.354 e. The lowest BCUT2D eigenvalue weighted by atomic mass is 10.1. The Labute approximate surface area is 149 Å². The van der Waals surface area contributed by atoms with Crippen LogP contribution < -0.4 is 5.32 Å². The number of carbonyl (C=O) groups excluding carboxylic acids is 1. The molecule has 4 aromatic rings. The molecule has 0 radical (unpaired) electrons. The fourth-order valence-electron chi connectivity index (χ4n) is 2.92. The predicted octanol–water partition coefficient (Wildman–Crippen LogP) is 5.32. The zero-order valence-electron chi connectivity index (χ0n) is 14.1. The Hall–Kier alpha value is -3.47. The third kappa shape index (κ3) is 3.07. The van der Waals surface area contributed by atoms with Gasteiger partial charge in [0.1, 0.15) is 11.6 Å². The van der Waals surface area contributed by atoms with Crippen LogP contribution in [-0.4, -0.2) is 15.8 Å². The van der Waals surface area contributed by atoms with Gasteiger partial charge in [-0.25, -0.2) is 9.37 Å². The quantitative estimate of drug-likeness (QED) is 0.493. The monoisotopic (exact) mass is 345 g/mol. The number of fused-ring (bicyclic) bond motifs is 1. The zero-order valence-corrected chi connectivity index (χ0v) is 14.1. The molecule has 0 unspecified atom stereocenters. The average molecular weight is 345 g/mol. The number of aromatic nitrogens is 2. The number of aromatic amines is 1. The van der Waals surface area contributed by atoms with E-state index in [2.05, 4.69) is 15.3 Å². The van der Waals surface area contributed by atoms with Crippen LogP contribution in [0.4, 0.5) is 15.9 Å².